The average Bonchev–Trinajstić information content (AvgIpc) is 2.92. The number of nitrogens with two attached hydrogens (primary N) is 1. The zero-order valence-corrected chi connectivity index (χ0v) is 11.3. The molecule has 1 aromatic carbocycles. The van der Waals surface area contributed by atoms with E-state index in [0.717, 1.165) is 25.6 Å². The molecule has 3 nitrogen and oxygen atoms in total. The van der Waals surface area contributed by atoms with Crippen LogP contribution in [0.2, 0.25) is 0 Å². The predicted molar refractivity (Wildman–Crippen MR) is 75.0 cm³/mol. The van der Waals surface area contributed by atoms with E-state index in [1.54, 1.807) is 11.3 Å². The minimum Gasteiger partial charge on any atom is -0.360 e. The number of benzene rings is 1. The molecular formula is C12H10BrN3S. The molecule has 3 aromatic rings. The number of para-hydroxylation sites is 1. The van der Waals surface area contributed by atoms with Gasteiger partial charge in [-0.25, -0.2) is 4.98 Å². The Balaban J connectivity index is 2.20. The highest BCUT2D eigenvalue weighted by molar-refractivity contribution is 9.11. The smallest absolute Gasteiger partial charge is 0.126 e. The maximum Gasteiger partial charge on any atom is 0.126 e. The Morgan fingerprint density at radius 3 is 2.94 bits per heavy atom. The van der Waals surface area contributed by atoms with Crippen molar-refractivity contribution in [3.8, 4) is 10.6 Å². The summed E-state index contributed by atoms with van der Waals surface area (Å²) < 4.78 is 1.01. The second kappa shape index (κ2) is 4.25. The number of H-pyrrole nitrogens is 1. The largest absolute Gasteiger partial charge is 0.360 e. The molecule has 2 heterocycles. The van der Waals surface area contributed by atoms with E-state index in [1.165, 1.54) is 5.39 Å². The van der Waals surface area contributed by atoms with Crippen molar-refractivity contribution in [2.24, 2.45) is 5.73 Å². The molecule has 0 unspecified atom stereocenters. The van der Waals surface area contributed by atoms with Gasteiger partial charge in [0.25, 0.3) is 0 Å². The number of hydrogen-bond donors (Lipinski definition) is 2. The molecule has 86 valence electrons. The van der Waals surface area contributed by atoms with Gasteiger partial charge in [0, 0.05) is 29.2 Å². The van der Waals surface area contributed by atoms with Crippen molar-refractivity contribution in [1.29, 1.82) is 0 Å². The van der Waals surface area contributed by atoms with E-state index in [4.69, 9.17) is 5.73 Å². The molecule has 0 aliphatic carbocycles. The molecule has 2 aromatic heterocycles. The average molecular weight is 308 g/mol. The first-order chi connectivity index (χ1) is 8.29. The maximum absolute atomic E-state index is 5.64. The fourth-order valence-corrected chi connectivity index (χ4v) is 3.38. The van der Waals surface area contributed by atoms with Crippen LogP contribution in [0.15, 0.2) is 34.2 Å². The molecule has 0 spiro atoms. The van der Waals surface area contributed by atoms with E-state index in [2.05, 4.69) is 38.0 Å². The summed E-state index contributed by atoms with van der Waals surface area (Å²) >= 11 is 5.11. The van der Waals surface area contributed by atoms with E-state index in [-0.39, 0.29) is 0 Å². The van der Waals surface area contributed by atoms with E-state index >= 15 is 0 Å². The molecular weight excluding hydrogens is 298 g/mol. The molecule has 0 saturated carbocycles. The number of fused-ring (bicyclic) bond motifs is 1. The van der Waals surface area contributed by atoms with Crippen molar-refractivity contribution >= 4 is 38.2 Å². The third kappa shape index (κ3) is 1.80. The van der Waals surface area contributed by atoms with Crippen LogP contribution in [0, 0.1) is 0 Å². The van der Waals surface area contributed by atoms with E-state index in [1.807, 2.05) is 18.3 Å². The van der Waals surface area contributed by atoms with Crippen LogP contribution in [0.5, 0.6) is 0 Å². The summed E-state index contributed by atoms with van der Waals surface area (Å²) in [6.07, 6.45) is 2.00. The first kappa shape index (κ1) is 11.0. The van der Waals surface area contributed by atoms with Crippen molar-refractivity contribution < 1.29 is 0 Å². The molecule has 5 heteroatoms. The van der Waals surface area contributed by atoms with Gasteiger partial charge in [-0.05, 0) is 22.0 Å². The molecule has 0 radical (unpaired) electrons. The number of rotatable bonds is 2. The molecule has 0 atom stereocenters. The molecule has 3 N–H and O–H groups in total. The van der Waals surface area contributed by atoms with Crippen LogP contribution in [-0.4, -0.2) is 9.97 Å². The molecule has 0 aliphatic heterocycles. The van der Waals surface area contributed by atoms with E-state index < -0.39 is 0 Å². The van der Waals surface area contributed by atoms with Crippen LogP contribution in [0.1, 0.15) is 5.69 Å². The monoisotopic (exact) mass is 307 g/mol. The van der Waals surface area contributed by atoms with Crippen LogP contribution in [0.4, 0.5) is 0 Å². The van der Waals surface area contributed by atoms with Gasteiger partial charge in [0.2, 0.25) is 0 Å². The lowest BCUT2D eigenvalue weighted by Gasteiger charge is -1.92. The highest BCUT2D eigenvalue weighted by Gasteiger charge is 2.12. The van der Waals surface area contributed by atoms with Crippen LogP contribution in [-0.2, 0) is 6.54 Å². The number of aromatic amines is 1. The summed E-state index contributed by atoms with van der Waals surface area (Å²) in [6, 6.07) is 8.21. The minimum absolute atomic E-state index is 0.458. The number of nitrogens with one attached hydrogen (secondary N) is 1. The first-order valence-corrected chi connectivity index (χ1v) is 6.82. The molecule has 17 heavy (non-hydrogen) atoms. The Morgan fingerprint density at radius 2 is 2.18 bits per heavy atom. The van der Waals surface area contributed by atoms with Gasteiger partial charge in [-0.15, -0.1) is 11.3 Å². The Morgan fingerprint density at radius 1 is 1.35 bits per heavy atom. The molecule has 0 bridgehead atoms. The summed E-state index contributed by atoms with van der Waals surface area (Å²) in [5, 5.41) is 2.19. The van der Waals surface area contributed by atoms with Gasteiger partial charge in [0.15, 0.2) is 0 Å². The molecule has 0 aliphatic rings. The topological polar surface area (TPSA) is 54.7 Å². The second-order valence-corrected chi connectivity index (χ2v) is 6.01. The molecule has 0 amide bonds. The molecule has 0 saturated heterocycles. The van der Waals surface area contributed by atoms with Gasteiger partial charge < -0.3 is 10.7 Å². The Kier molecular flexibility index (Phi) is 2.74. The van der Waals surface area contributed by atoms with Gasteiger partial charge in [-0.1, -0.05) is 18.2 Å². The summed E-state index contributed by atoms with van der Waals surface area (Å²) in [5.74, 6) is 0. The number of nitrogens with zero attached hydrogens (tertiary/aromatic N) is 1. The predicted octanol–water partition coefficient (Wildman–Crippen LogP) is 3.51. The summed E-state index contributed by atoms with van der Waals surface area (Å²) in [4.78, 5) is 7.80. The fourth-order valence-electron chi connectivity index (χ4n) is 1.82. The number of aromatic nitrogens is 2. The van der Waals surface area contributed by atoms with E-state index in [0.29, 0.717) is 6.54 Å². The van der Waals surface area contributed by atoms with E-state index in [9.17, 15) is 0 Å². The summed E-state index contributed by atoms with van der Waals surface area (Å²) in [7, 11) is 0. The fraction of sp³-hybridized carbons (Fsp3) is 0.0833. The van der Waals surface area contributed by atoms with Crippen molar-refractivity contribution in [3.63, 3.8) is 0 Å². The zero-order chi connectivity index (χ0) is 11.8. The first-order valence-electron chi connectivity index (χ1n) is 5.21. The SMILES string of the molecule is NCc1nc(-c2c[nH]c3ccccc23)sc1Br. The van der Waals surface area contributed by atoms with Crippen LogP contribution < -0.4 is 5.73 Å². The minimum atomic E-state index is 0.458. The standard InChI is InChI=1S/C12H10BrN3S/c13-11-10(5-14)16-12(17-11)8-6-15-9-4-2-1-3-7(8)9/h1-4,6,15H,5,14H2. The van der Waals surface area contributed by atoms with Crippen molar-refractivity contribution in [2.75, 3.05) is 0 Å². The molecule has 3 rings (SSSR count). The van der Waals surface area contributed by atoms with Gasteiger partial charge in [0.05, 0.1) is 9.48 Å². The lowest BCUT2D eigenvalue weighted by molar-refractivity contribution is 1.01. The van der Waals surface area contributed by atoms with Crippen LogP contribution in [0.25, 0.3) is 21.5 Å². The number of halogens is 1. The van der Waals surface area contributed by atoms with Crippen molar-refractivity contribution in [2.45, 2.75) is 6.54 Å². The Labute approximate surface area is 111 Å². The van der Waals surface area contributed by atoms with Crippen molar-refractivity contribution in [1.82, 2.24) is 9.97 Å². The van der Waals surface area contributed by atoms with Crippen molar-refractivity contribution in [3.05, 3.63) is 39.9 Å². The quantitative estimate of drug-likeness (QED) is 0.761. The normalized spacial score (nSPS) is 11.2. The van der Waals surface area contributed by atoms with Gasteiger partial charge >= 0.3 is 0 Å². The highest BCUT2D eigenvalue weighted by atomic mass is 79.9. The highest BCUT2D eigenvalue weighted by Crippen LogP contribution is 2.35. The second-order valence-electron chi connectivity index (χ2n) is 3.69. The maximum atomic E-state index is 5.64. The third-order valence-electron chi connectivity index (χ3n) is 2.66. The van der Waals surface area contributed by atoms with Gasteiger partial charge in [0.1, 0.15) is 5.01 Å². The van der Waals surface area contributed by atoms with Gasteiger partial charge in [-0.2, -0.15) is 0 Å². The Hall–Kier alpha value is -1.17. The lowest BCUT2D eigenvalue weighted by Crippen LogP contribution is -1.96. The number of thiazole rings is 1. The van der Waals surface area contributed by atoms with Crippen LogP contribution >= 0.6 is 27.3 Å². The number of hydrogen-bond acceptors (Lipinski definition) is 3. The van der Waals surface area contributed by atoms with Gasteiger partial charge in [-0.3, -0.25) is 0 Å². The van der Waals surface area contributed by atoms with Crippen LogP contribution in [0.3, 0.4) is 0 Å². The Bertz CT molecular complexity index is 671. The third-order valence-corrected chi connectivity index (χ3v) is 4.53. The summed E-state index contributed by atoms with van der Waals surface area (Å²) in [6.45, 7) is 0.458. The lowest BCUT2D eigenvalue weighted by atomic mass is 10.2. The summed E-state index contributed by atoms with van der Waals surface area (Å²) in [5.41, 5.74) is 8.81. The molecule has 0 fully saturated rings. The zero-order valence-electron chi connectivity index (χ0n) is 8.90.